The van der Waals surface area contributed by atoms with Crippen LogP contribution in [0.5, 0.6) is 0 Å². The highest BCUT2D eigenvalue weighted by Crippen LogP contribution is 2.05. The van der Waals surface area contributed by atoms with Crippen LogP contribution in [0.15, 0.2) is 11.6 Å². The summed E-state index contributed by atoms with van der Waals surface area (Å²) in [6, 6.07) is 0. The molecule has 0 fully saturated rings. The van der Waals surface area contributed by atoms with Gasteiger partial charge >= 0.3 is 5.97 Å². The van der Waals surface area contributed by atoms with Crippen molar-refractivity contribution in [3.63, 3.8) is 0 Å². The quantitative estimate of drug-likeness (QED) is 0.494. The molecule has 0 aliphatic rings. The van der Waals surface area contributed by atoms with E-state index >= 15 is 0 Å². The third kappa shape index (κ3) is 5.91. The third-order valence-electron chi connectivity index (χ3n) is 2.49. The van der Waals surface area contributed by atoms with Gasteiger partial charge in [-0.2, -0.15) is 0 Å². The second kappa shape index (κ2) is 8.34. The average Bonchev–Trinajstić information content (AvgIpc) is 2.27. The van der Waals surface area contributed by atoms with Crippen molar-refractivity contribution in [2.24, 2.45) is 5.92 Å². The first-order valence-electron chi connectivity index (χ1n) is 6.04. The van der Waals surface area contributed by atoms with E-state index in [4.69, 9.17) is 4.74 Å². The molecule has 0 rings (SSSR count). The number of likely N-dealkylation sites (N-methyl/N-ethyl adjacent to an activating group) is 1. The Labute approximate surface area is 99.5 Å². The van der Waals surface area contributed by atoms with Crippen LogP contribution in [0.4, 0.5) is 0 Å². The van der Waals surface area contributed by atoms with E-state index in [1.165, 1.54) is 7.11 Å². The van der Waals surface area contributed by atoms with Crippen molar-refractivity contribution in [1.82, 2.24) is 4.90 Å². The Morgan fingerprint density at radius 1 is 1.38 bits per heavy atom. The molecule has 94 valence electrons. The zero-order valence-electron chi connectivity index (χ0n) is 11.2. The van der Waals surface area contributed by atoms with E-state index in [2.05, 4.69) is 25.7 Å². The monoisotopic (exact) mass is 227 g/mol. The van der Waals surface area contributed by atoms with Gasteiger partial charge in [0, 0.05) is 18.7 Å². The molecule has 0 amide bonds. The first-order chi connectivity index (χ1) is 7.54. The standard InChI is InChI=1S/C13H25NO2/c1-6-12(13(15)16-5)8-9-14(7-2)10-11(3)4/h8,11H,6-7,9-10H2,1-5H3. The maximum atomic E-state index is 11.4. The molecule has 0 N–H and O–H groups in total. The Bertz CT molecular complexity index is 234. The normalized spacial score (nSPS) is 12.3. The number of methoxy groups -OCH3 is 1. The summed E-state index contributed by atoms with van der Waals surface area (Å²) in [5.41, 5.74) is 0.768. The van der Waals surface area contributed by atoms with Gasteiger partial charge in [-0.25, -0.2) is 4.79 Å². The summed E-state index contributed by atoms with van der Waals surface area (Å²) in [7, 11) is 1.43. The van der Waals surface area contributed by atoms with Crippen LogP contribution in [-0.2, 0) is 9.53 Å². The third-order valence-corrected chi connectivity index (χ3v) is 2.49. The van der Waals surface area contributed by atoms with Gasteiger partial charge in [0.05, 0.1) is 7.11 Å². The average molecular weight is 227 g/mol. The maximum Gasteiger partial charge on any atom is 0.333 e. The fourth-order valence-corrected chi connectivity index (χ4v) is 1.59. The molecule has 0 aromatic rings. The summed E-state index contributed by atoms with van der Waals surface area (Å²) in [4.78, 5) is 13.7. The molecule has 0 bridgehead atoms. The smallest absolute Gasteiger partial charge is 0.333 e. The first-order valence-corrected chi connectivity index (χ1v) is 6.04. The minimum Gasteiger partial charge on any atom is -0.466 e. The molecule has 0 saturated heterocycles. The number of hydrogen-bond acceptors (Lipinski definition) is 3. The molecule has 16 heavy (non-hydrogen) atoms. The number of nitrogens with zero attached hydrogens (tertiary/aromatic N) is 1. The molecule has 0 aliphatic heterocycles. The minimum atomic E-state index is -0.205. The lowest BCUT2D eigenvalue weighted by molar-refractivity contribution is -0.136. The molecule has 0 radical (unpaired) electrons. The Hall–Kier alpha value is -0.830. The number of carbonyl (C=O) groups excluding carboxylic acids is 1. The van der Waals surface area contributed by atoms with Crippen LogP contribution in [-0.4, -0.2) is 37.6 Å². The largest absolute Gasteiger partial charge is 0.466 e. The molecular formula is C13H25NO2. The van der Waals surface area contributed by atoms with E-state index in [0.717, 1.165) is 31.6 Å². The second-order valence-electron chi connectivity index (χ2n) is 4.32. The van der Waals surface area contributed by atoms with E-state index in [0.29, 0.717) is 5.92 Å². The predicted octanol–water partition coefficient (Wildman–Crippen LogP) is 2.47. The van der Waals surface area contributed by atoms with Gasteiger partial charge in [-0.1, -0.05) is 33.8 Å². The fourth-order valence-electron chi connectivity index (χ4n) is 1.59. The molecule has 0 aromatic carbocycles. The predicted molar refractivity (Wildman–Crippen MR) is 67.3 cm³/mol. The molecule has 0 aliphatic carbocycles. The van der Waals surface area contributed by atoms with Crippen LogP contribution < -0.4 is 0 Å². The van der Waals surface area contributed by atoms with Crippen molar-refractivity contribution in [2.45, 2.75) is 34.1 Å². The number of hydrogen-bond donors (Lipinski definition) is 0. The molecule has 0 heterocycles. The van der Waals surface area contributed by atoms with Crippen molar-refractivity contribution in [1.29, 1.82) is 0 Å². The van der Waals surface area contributed by atoms with Crippen molar-refractivity contribution >= 4 is 5.97 Å². The minimum absolute atomic E-state index is 0.205. The summed E-state index contributed by atoms with van der Waals surface area (Å²) < 4.78 is 4.72. The topological polar surface area (TPSA) is 29.5 Å². The Kier molecular flexibility index (Phi) is 7.90. The van der Waals surface area contributed by atoms with Crippen molar-refractivity contribution in [3.8, 4) is 0 Å². The lowest BCUT2D eigenvalue weighted by atomic mass is 10.1. The van der Waals surface area contributed by atoms with Crippen LogP contribution in [0.25, 0.3) is 0 Å². The summed E-state index contributed by atoms with van der Waals surface area (Å²) >= 11 is 0. The molecule has 3 heteroatoms. The van der Waals surface area contributed by atoms with Gasteiger partial charge in [-0.15, -0.1) is 0 Å². The van der Waals surface area contributed by atoms with E-state index in [9.17, 15) is 4.79 Å². The van der Waals surface area contributed by atoms with E-state index < -0.39 is 0 Å². The lowest BCUT2D eigenvalue weighted by Gasteiger charge is -2.21. The van der Waals surface area contributed by atoms with Crippen LogP contribution in [0, 0.1) is 5.92 Å². The summed E-state index contributed by atoms with van der Waals surface area (Å²) in [5, 5.41) is 0. The van der Waals surface area contributed by atoms with Crippen molar-refractivity contribution < 1.29 is 9.53 Å². The molecule has 0 unspecified atom stereocenters. The molecule has 0 aromatic heterocycles. The highest BCUT2D eigenvalue weighted by Gasteiger charge is 2.08. The molecule has 0 saturated carbocycles. The van der Waals surface area contributed by atoms with Gasteiger partial charge in [0.1, 0.15) is 0 Å². The number of carbonyl (C=O) groups is 1. The van der Waals surface area contributed by atoms with Gasteiger partial charge in [0.25, 0.3) is 0 Å². The Morgan fingerprint density at radius 2 is 2.00 bits per heavy atom. The van der Waals surface area contributed by atoms with Gasteiger partial charge in [-0.05, 0) is 18.9 Å². The highest BCUT2D eigenvalue weighted by atomic mass is 16.5. The summed E-state index contributed by atoms with van der Waals surface area (Å²) in [5.74, 6) is 0.444. The first kappa shape index (κ1) is 15.2. The van der Waals surface area contributed by atoms with Gasteiger partial charge in [-0.3, -0.25) is 4.90 Å². The summed E-state index contributed by atoms with van der Waals surface area (Å²) in [6.07, 6.45) is 2.71. The Balaban J connectivity index is 4.33. The Morgan fingerprint density at radius 3 is 2.38 bits per heavy atom. The second-order valence-corrected chi connectivity index (χ2v) is 4.32. The van der Waals surface area contributed by atoms with E-state index in [-0.39, 0.29) is 5.97 Å². The van der Waals surface area contributed by atoms with Crippen LogP contribution in [0.1, 0.15) is 34.1 Å². The zero-order chi connectivity index (χ0) is 12.6. The maximum absolute atomic E-state index is 11.4. The van der Waals surface area contributed by atoms with E-state index in [1.54, 1.807) is 0 Å². The van der Waals surface area contributed by atoms with Gasteiger partial charge < -0.3 is 4.74 Å². The van der Waals surface area contributed by atoms with Crippen LogP contribution in [0.3, 0.4) is 0 Å². The van der Waals surface area contributed by atoms with Crippen LogP contribution >= 0.6 is 0 Å². The SMILES string of the molecule is CCC(=CCN(CC)CC(C)C)C(=O)OC. The van der Waals surface area contributed by atoms with E-state index in [1.807, 2.05) is 13.0 Å². The molecule has 3 nitrogen and oxygen atoms in total. The van der Waals surface area contributed by atoms with Crippen molar-refractivity contribution in [2.75, 3.05) is 26.7 Å². The summed E-state index contributed by atoms with van der Waals surface area (Å²) in [6.45, 7) is 11.4. The van der Waals surface area contributed by atoms with Crippen molar-refractivity contribution in [3.05, 3.63) is 11.6 Å². The molecular weight excluding hydrogens is 202 g/mol. The van der Waals surface area contributed by atoms with Gasteiger partial charge in [0.15, 0.2) is 0 Å². The number of rotatable bonds is 7. The van der Waals surface area contributed by atoms with Gasteiger partial charge in [0.2, 0.25) is 0 Å². The fraction of sp³-hybridized carbons (Fsp3) is 0.769. The van der Waals surface area contributed by atoms with Crippen LogP contribution in [0.2, 0.25) is 0 Å². The highest BCUT2D eigenvalue weighted by molar-refractivity contribution is 5.88. The molecule has 0 spiro atoms. The zero-order valence-corrected chi connectivity index (χ0v) is 11.2. The molecule has 0 atom stereocenters. The number of esters is 1. The number of ether oxygens (including phenoxy) is 1. The lowest BCUT2D eigenvalue weighted by Crippen LogP contribution is -2.28.